The Bertz CT molecular complexity index is 183. The molecule has 1 N–H and O–H groups in total. The van der Waals surface area contributed by atoms with Gasteiger partial charge in [-0.25, -0.2) is 3.53 Å². The van der Waals surface area contributed by atoms with E-state index in [2.05, 4.69) is 3.53 Å². The molecule has 1 aliphatic rings. The lowest BCUT2D eigenvalue weighted by Gasteiger charge is -2.22. The van der Waals surface area contributed by atoms with Gasteiger partial charge in [-0.2, -0.15) is 0 Å². The molecule has 0 aromatic rings. The minimum absolute atomic E-state index is 0.175. The van der Waals surface area contributed by atoms with Crippen molar-refractivity contribution in [2.75, 3.05) is 19.8 Å². The first-order valence-corrected chi connectivity index (χ1v) is 5.92. The van der Waals surface area contributed by atoms with Gasteiger partial charge in [0, 0.05) is 36.1 Å². The fraction of sp³-hybridized carbons (Fsp3) is 0.889. The van der Waals surface area contributed by atoms with Gasteiger partial charge in [0.25, 0.3) is 0 Å². The van der Waals surface area contributed by atoms with Gasteiger partial charge in [-0.1, -0.05) is 0 Å². The second-order valence-electron chi connectivity index (χ2n) is 3.52. The molecule has 1 rings (SSSR count). The van der Waals surface area contributed by atoms with E-state index in [4.69, 9.17) is 9.47 Å². The largest absolute Gasteiger partial charge is 0.464 e. The Morgan fingerprint density at radius 2 is 2.29 bits per heavy atom. The molecule has 1 atom stereocenters. The zero-order valence-corrected chi connectivity index (χ0v) is 10.5. The predicted octanol–water partition coefficient (Wildman–Crippen LogP) is 1.28. The lowest BCUT2D eigenvalue weighted by atomic mass is 10.0. The first kappa shape index (κ1) is 12.2. The normalized spacial score (nSPS) is 20.4. The Morgan fingerprint density at radius 1 is 1.64 bits per heavy atom. The van der Waals surface area contributed by atoms with Crippen LogP contribution in [-0.4, -0.2) is 31.8 Å². The number of carbonyl (C=O) groups is 1. The first-order valence-electron chi connectivity index (χ1n) is 4.84. The zero-order chi connectivity index (χ0) is 10.4. The molecule has 0 bridgehead atoms. The van der Waals surface area contributed by atoms with Crippen molar-refractivity contribution >= 4 is 28.8 Å². The summed E-state index contributed by atoms with van der Waals surface area (Å²) in [5, 5.41) is 0. The summed E-state index contributed by atoms with van der Waals surface area (Å²) in [4.78, 5) is 11.3. The van der Waals surface area contributed by atoms with E-state index in [9.17, 15) is 4.79 Å². The van der Waals surface area contributed by atoms with E-state index in [1.165, 1.54) is 0 Å². The number of esters is 1. The van der Waals surface area contributed by atoms with Crippen LogP contribution in [0.1, 0.15) is 19.8 Å². The maximum atomic E-state index is 11.3. The predicted molar refractivity (Wildman–Crippen MR) is 61.1 cm³/mol. The van der Waals surface area contributed by atoms with Crippen LogP contribution in [0.4, 0.5) is 0 Å². The van der Waals surface area contributed by atoms with Crippen molar-refractivity contribution < 1.29 is 14.3 Å². The topological polar surface area (TPSA) is 47.6 Å². The van der Waals surface area contributed by atoms with Gasteiger partial charge in [0.05, 0.1) is 6.61 Å². The first-order chi connectivity index (χ1) is 6.74. The molecule has 0 radical (unpaired) electrons. The number of ether oxygens (including phenoxy) is 2. The molecule has 1 unspecified atom stereocenters. The number of rotatable bonds is 4. The van der Waals surface area contributed by atoms with Gasteiger partial charge in [-0.05, 0) is 25.7 Å². The fourth-order valence-electron chi connectivity index (χ4n) is 1.28. The molecular weight excluding hydrogens is 297 g/mol. The monoisotopic (exact) mass is 313 g/mol. The molecule has 82 valence electrons. The molecule has 0 aliphatic carbocycles. The van der Waals surface area contributed by atoms with Gasteiger partial charge < -0.3 is 9.47 Å². The lowest BCUT2D eigenvalue weighted by Crippen LogP contribution is -2.31. The number of halogens is 1. The number of hydrogen-bond donors (Lipinski definition) is 1. The van der Waals surface area contributed by atoms with Crippen LogP contribution in [0.2, 0.25) is 0 Å². The van der Waals surface area contributed by atoms with Crippen LogP contribution in [0.5, 0.6) is 0 Å². The summed E-state index contributed by atoms with van der Waals surface area (Å²) in [5.41, 5.74) is 0. The highest BCUT2D eigenvalue weighted by Gasteiger charge is 2.18. The number of hydrogen-bond acceptors (Lipinski definition) is 4. The third-order valence-electron chi connectivity index (χ3n) is 2.32. The standard InChI is InChI=1S/C9H16INO3/c1-7(11-10)9(12)14-6-8-2-4-13-5-3-8/h7-8,11H,2-6H2,1H3. The van der Waals surface area contributed by atoms with Crippen molar-refractivity contribution in [2.24, 2.45) is 5.92 Å². The van der Waals surface area contributed by atoms with Gasteiger partial charge in [-0.15, -0.1) is 0 Å². The van der Waals surface area contributed by atoms with E-state index >= 15 is 0 Å². The van der Waals surface area contributed by atoms with Crippen LogP contribution < -0.4 is 3.53 Å². The van der Waals surface area contributed by atoms with Crippen molar-refractivity contribution in [3.8, 4) is 0 Å². The van der Waals surface area contributed by atoms with Crippen LogP contribution >= 0.6 is 22.9 Å². The summed E-state index contributed by atoms with van der Waals surface area (Å²) in [6.07, 6.45) is 2.00. The van der Waals surface area contributed by atoms with Gasteiger partial charge in [-0.3, -0.25) is 4.79 Å². The number of nitrogens with one attached hydrogen (secondary N) is 1. The molecule has 1 heterocycles. The summed E-state index contributed by atoms with van der Waals surface area (Å²) in [6, 6.07) is -0.226. The highest BCUT2D eigenvalue weighted by atomic mass is 127. The molecule has 0 amide bonds. The summed E-state index contributed by atoms with van der Waals surface area (Å²) >= 11 is 1.95. The molecule has 14 heavy (non-hydrogen) atoms. The Kier molecular flexibility index (Phi) is 5.73. The van der Waals surface area contributed by atoms with E-state index in [0.29, 0.717) is 12.5 Å². The van der Waals surface area contributed by atoms with Crippen molar-refractivity contribution in [1.29, 1.82) is 0 Å². The Balaban J connectivity index is 2.15. The van der Waals surface area contributed by atoms with E-state index in [1.54, 1.807) is 6.92 Å². The highest BCUT2D eigenvalue weighted by Crippen LogP contribution is 2.14. The van der Waals surface area contributed by atoms with Crippen LogP contribution in [-0.2, 0) is 14.3 Å². The molecule has 0 aromatic heterocycles. The second kappa shape index (κ2) is 6.58. The molecule has 1 saturated heterocycles. The fourth-order valence-corrected chi connectivity index (χ4v) is 1.54. The summed E-state index contributed by atoms with van der Waals surface area (Å²) in [6.45, 7) is 3.91. The molecule has 0 aromatic carbocycles. The molecular formula is C9H16INO3. The van der Waals surface area contributed by atoms with Crippen molar-refractivity contribution in [2.45, 2.75) is 25.8 Å². The van der Waals surface area contributed by atoms with Crippen molar-refractivity contribution in [1.82, 2.24) is 3.53 Å². The highest BCUT2D eigenvalue weighted by molar-refractivity contribution is 14.1. The van der Waals surface area contributed by atoms with E-state index < -0.39 is 0 Å². The van der Waals surface area contributed by atoms with Crippen molar-refractivity contribution in [3.63, 3.8) is 0 Å². The number of carbonyl (C=O) groups excluding carboxylic acids is 1. The van der Waals surface area contributed by atoms with E-state index in [1.807, 2.05) is 22.9 Å². The van der Waals surface area contributed by atoms with Gasteiger partial charge >= 0.3 is 5.97 Å². The minimum atomic E-state index is -0.226. The molecule has 0 saturated carbocycles. The summed E-state index contributed by atoms with van der Waals surface area (Å²) in [5.74, 6) is 0.306. The Labute approximate surface area is 98.2 Å². The van der Waals surface area contributed by atoms with E-state index in [-0.39, 0.29) is 12.0 Å². The molecule has 1 fully saturated rings. The van der Waals surface area contributed by atoms with Crippen LogP contribution in [0.25, 0.3) is 0 Å². The average Bonchev–Trinajstić information content (AvgIpc) is 2.26. The zero-order valence-electron chi connectivity index (χ0n) is 8.29. The Morgan fingerprint density at radius 3 is 2.86 bits per heavy atom. The summed E-state index contributed by atoms with van der Waals surface area (Å²) in [7, 11) is 0. The maximum Gasteiger partial charge on any atom is 0.323 e. The van der Waals surface area contributed by atoms with Crippen LogP contribution in [0.3, 0.4) is 0 Å². The third kappa shape index (κ3) is 4.10. The quantitative estimate of drug-likeness (QED) is 0.483. The summed E-state index contributed by atoms with van der Waals surface area (Å²) < 4.78 is 13.2. The van der Waals surface area contributed by atoms with Gasteiger partial charge in [0.2, 0.25) is 0 Å². The smallest absolute Gasteiger partial charge is 0.323 e. The maximum absolute atomic E-state index is 11.3. The lowest BCUT2D eigenvalue weighted by molar-refractivity contribution is -0.147. The molecule has 4 nitrogen and oxygen atoms in total. The molecule has 1 aliphatic heterocycles. The second-order valence-corrected chi connectivity index (χ2v) is 4.14. The third-order valence-corrected chi connectivity index (χ3v) is 3.25. The van der Waals surface area contributed by atoms with Crippen molar-refractivity contribution in [3.05, 3.63) is 0 Å². The van der Waals surface area contributed by atoms with Crippen LogP contribution in [0, 0.1) is 5.92 Å². The average molecular weight is 313 g/mol. The van der Waals surface area contributed by atoms with Gasteiger partial charge in [0.15, 0.2) is 0 Å². The van der Waals surface area contributed by atoms with Gasteiger partial charge in [0.1, 0.15) is 6.04 Å². The van der Waals surface area contributed by atoms with E-state index in [0.717, 1.165) is 26.1 Å². The molecule has 5 heteroatoms. The van der Waals surface area contributed by atoms with Crippen LogP contribution in [0.15, 0.2) is 0 Å². The molecule has 0 spiro atoms. The SMILES string of the molecule is CC(NI)C(=O)OCC1CCOCC1. The minimum Gasteiger partial charge on any atom is -0.464 e. The Hall–Kier alpha value is 0.120.